The van der Waals surface area contributed by atoms with Crippen LogP contribution in [0.1, 0.15) is 26.7 Å². The molecular weight excluding hydrogens is 200 g/mol. The van der Waals surface area contributed by atoms with Crippen LogP contribution < -0.4 is 0 Å². The van der Waals surface area contributed by atoms with Crippen LogP contribution in [0.15, 0.2) is 12.8 Å². The van der Waals surface area contributed by atoms with E-state index in [2.05, 4.69) is 51.5 Å². The molecule has 0 rings (SSSR count). The Hall–Kier alpha value is -0.683. The molecule has 0 unspecified atom stereocenters. The molecule has 0 aliphatic rings. The van der Waals surface area contributed by atoms with E-state index in [1.54, 1.807) is 0 Å². The summed E-state index contributed by atoms with van der Waals surface area (Å²) in [5, 5.41) is 0. The molecule has 0 aromatic rings. The van der Waals surface area contributed by atoms with Gasteiger partial charge in [-0.1, -0.05) is 40.1 Å². The van der Waals surface area contributed by atoms with Crippen LogP contribution in [-0.2, 0) is 4.74 Å². The molecular formula is C13H24OSi. The number of hydrogen-bond acceptors (Lipinski definition) is 1. The van der Waals surface area contributed by atoms with Gasteiger partial charge in [0.2, 0.25) is 0 Å². The van der Waals surface area contributed by atoms with E-state index in [1.807, 2.05) is 0 Å². The van der Waals surface area contributed by atoms with E-state index in [9.17, 15) is 0 Å². The minimum atomic E-state index is -1.23. The van der Waals surface area contributed by atoms with Crippen molar-refractivity contribution < 1.29 is 4.74 Å². The van der Waals surface area contributed by atoms with Crippen molar-refractivity contribution >= 4 is 8.07 Å². The molecule has 0 spiro atoms. The van der Waals surface area contributed by atoms with Crippen LogP contribution in [0, 0.1) is 17.4 Å². The molecule has 0 aliphatic heterocycles. The highest BCUT2D eigenvalue weighted by atomic mass is 28.3. The van der Waals surface area contributed by atoms with Gasteiger partial charge >= 0.3 is 0 Å². The summed E-state index contributed by atoms with van der Waals surface area (Å²) in [6.45, 7) is 14.8. The second-order valence-electron chi connectivity index (χ2n) is 5.31. The third kappa shape index (κ3) is 9.62. The van der Waals surface area contributed by atoms with Gasteiger partial charge in [0.15, 0.2) is 0 Å². The highest BCUT2D eigenvalue weighted by Crippen LogP contribution is 2.11. The summed E-state index contributed by atoms with van der Waals surface area (Å²) in [4.78, 5) is 0. The maximum Gasteiger partial charge on any atom is 0.129 e. The Kier molecular flexibility index (Phi) is 6.43. The number of hydrogen-bond donors (Lipinski definition) is 0. The molecule has 0 saturated carbocycles. The number of rotatable bonds is 5. The summed E-state index contributed by atoms with van der Waals surface area (Å²) in [7, 11) is -1.23. The molecule has 0 aliphatic carbocycles. The largest absolute Gasteiger partial charge is 0.498 e. The summed E-state index contributed by atoms with van der Waals surface area (Å²) >= 11 is 0. The average molecular weight is 224 g/mol. The van der Waals surface area contributed by atoms with Crippen molar-refractivity contribution in [1.82, 2.24) is 0 Å². The normalized spacial score (nSPS) is 12.9. The third-order valence-electron chi connectivity index (χ3n) is 1.82. The molecule has 1 nitrogen and oxygen atoms in total. The van der Waals surface area contributed by atoms with Gasteiger partial charge in [0.05, 0.1) is 6.26 Å². The zero-order valence-corrected chi connectivity index (χ0v) is 11.8. The van der Waals surface area contributed by atoms with Gasteiger partial charge in [0.1, 0.15) is 14.2 Å². The molecule has 1 atom stereocenters. The molecule has 15 heavy (non-hydrogen) atoms. The van der Waals surface area contributed by atoms with Gasteiger partial charge < -0.3 is 4.74 Å². The van der Waals surface area contributed by atoms with Gasteiger partial charge in [-0.25, -0.2) is 0 Å². The smallest absolute Gasteiger partial charge is 0.129 e. The van der Waals surface area contributed by atoms with E-state index in [4.69, 9.17) is 4.74 Å². The first-order chi connectivity index (χ1) is 6.85. The predicted molar refractivity (Wildman–Crippen MR) is 70.3 cm³/mol. The quantitative estimate of drug-likeness (QED) is 0.392. The Morgan fingerprint density at radius 2 is 1.93 bits per heavy atom. The second kappa shape index (κ2) is 6.74. The van der Waals surface area contributed by atoms with Crippen molar-refractivity contribution in [3.8, 4) is 11.5 Å². The van der Waals surface area contributed by atoms with Crippen molar-refractivity contribution in [1.29, 1.82) is 0 Å². The second-order valence-corrected chi connectivity index (χ2v) is 10.1. The Labute approximate surface area is 95.9 Å². The van der Waals surface area contributed by atoms with Crippen molar-refractivity contribution in [2.75, 3.05) is 0 Å². The van der Waals surface area contributed by atoms with E-state index in [0.29, 0.717) is 5.92 Å². The van der Waals surface area contributed by atoms with Gasteiger partial charge in [0, 0.05) is 6.42 Å². The maximum atomic E-state index is 5.44. The first-order valence-electron chi connectivity index (χ1n) is 5.61. The molecule has 86 valence electrons. The van der Waals surface area contributed by atoms with Gasteiger partial charge in [0.25, 0.3) is 0 Å². The van der Waals surface area contributed by atoms with Crippen molar-refractivity contribution in [3.63, 3.8) is 0 Å². The first kappa shape index (κ1) is 14.3. The average Bonchev–Trinajstić information content (AvgIpc) is 2.00. The fraction of sp³-hybridized carbons (Fsp3) is 0.692. The lowest BCUT2D eigenvalue weighted by Crippen LogP contribution is -2.17. The SMILES string of the molecule is C=CO[C@H](CC#C[Si](C)(C)C)CC(C)C. The fourth-order valence-electron chi connectivity index (χ4n) is 1.28. The predicted octanol–water partition coefficient (Wildman–Crippen LogP) is 3.83. The van der Waals surface area contributed by atoms with Crippen LogP contribution >= 0.6 is 0 Å². The van der Waals surface area contributed by atoms with E-state index in [0.717, 1.165) is 12.8 Å². The Morgan fingerprint density at radius 3 is 2.33 bits per heavy atom. The third-order valence-corrected chi connectivity index (χ3v) is 2.74. The highest BCUT2D eigenvalue weighted by molar-refractivity contribution is 6.83. The van der Waals surface area contributed by atoms with E-state index in [-0.39, 0.29) is 6.10 Å². The van der Waals surface area contributed by atoms with Crippen LogP contribution in [0.3, 0.4) is 0 Å². The van der Waals surface area contributed by atoms with Crippen LogP contribution in [0.2, 0.25) is 19.6 Å². The van der Waals surface area contributed by atoms with E-state index < -0.39 is 8.07 Å². The molecule has 0 aromatic heterocycles. The molecule has 0 fully saturated rings. The van der Waals surface area contributed by atoms with Gasteiger partial charge in [-0.05, 0) is 12.3 Å². The van der Waals surface area contributed by atoms with Crippen LogP contribution in [0.5, 0.6) is 0 Å². The molecule has 0 heterocycles. The Bertz CT molecular complexity index is 239. The standard InChI is InChI=1S/C13H24OSi/c1-7-14-13(11-12(2)3)9-8-10-15(4,5)6/h7,12-13H,1,9,11H2,2-6H3/t13-/m1/s1. The molecule has 2 heteroatoms. The lowest BCUT2D eigenvalue weighted by molar-refractivity contribution is 0.127. The van der Waals surface area contributed by atoms with Crippen LogP contribution in [0.4, 0.5) is 0 Å². The summed E-state index contributed by atoms with van der Waals surface area (Å²) in [5.41, 5.74) is 3.36. The molecule has 0 radical (unpaired) electrons. The van der Waals surface area contributed by atoms with Crippen molar-refractivity contribution in [3.05, 3.63) is 12.8 Å². The molecule has 0 N–H and O–H groups in total. The monoisotopic (exact) mass is 224 g/mol. The summed E-state index contributed by atoms with van der Waals surface area (Å²) in [6, 6.07) is 0. The lowest BCUT2D eigenvalue weighted by atomic mass is 10.0. The minimum absolute atomic E-state index is 0.214. The molecule has 0 aromatic carbocycles. The van der Waals surface area contributed by atoms with Crippen molar-refractivity contribution in [2.45, 2.75) is 52.4 Å². The van der Waals surface area contributed by atoms with Crippen LogP contribution in [0.25, 0.3) is 0 Å². The Balaban J connectivity index is 4.15. The van der Waals surface area contributed by atoms with Gasteiger partial charge in [-0.2, -0.15) is 0 Å². The van der Waals surface area contributed by atoms with E-state index >= 15 is 0 Å². The zero-order valence-electron chi connectivity index (χ0n) is 10.8. The van der Waals surface area contributed by atoms with Crippen molar-refractivity contribution in [2.24, 2.45) is 5.92 Å². The summed E-state index contributed by atoms with van der Waals surface area (Å²) in [5.74, 6) is 3.90. The van der Waals surface area contributed by atoms with Gasteiger partial charge in [-0.15, -0.1) is 11.5 Å². The molecule has 0 bridgehead atoms. The fourth-order valence-corrected chi connectivity index (χ4v) is 1.91. The summed E-state index contributed by atoms with van der Waals surface area (Å²) < 4.78 is 5.44. The lowest BCUT2D eigenvalue weighted by Gasteiger charge is -2.16. The number of ether oxygens (including phenoxy) is 1. The first-order valence-corrected chi connectivity index (χ1v) is 9.11. The van der Waals surface area contributed by atoms with Gasteiger partial charge in [-0.3, -0.25) is 0 Å². The molecule has 0 saturated heterocycles. The van der Waals surface area contributed by atoms with E-state index in [1.165, 1.54) is 6.26 Å². The topological polar surface area (TPSA) is 9.23 Å². The van der Waals surface area contributed by atoms with Crippen LogP contribution in [-0.4, -0.2) is 14.2 Å². The summed E-state index contributed by atoms with van der Waals surface area (Å²) in [6.07, 6.45) is 3.62. The zero-order chi connectivity index (χ0) is 11.9. The maximum absolute atomic E-state index is 5.44. The Morgan fingerprint density at radius 1 is 1.33 bits per heavy atom. The highest BCUT2D eigenvalue weighted by Gasteiger charge is 2.11. The minimum Gasteiger partial charge on any atom is -0.498 e. The molecule has 0 amide bonds.